The molecule has 0 radical (unpaired) electrons. The Labute approximate surface area is 120 Å². The first-order valence-corrected chi connectivity index (χ1v) is 7.54. The lowest BCUT2D eigenvalue weighted by Gasteiger charge is -2.35. The van der Waals surface area contributed by atoms with Gasteiger partial charge in [-0.25, -0.2) is 8.78 Å². The van der Waals surface area contributed by atoms with Crippen LogP contribution in [0.25, 0.3) is 0 Å². The lowest BCUT2D eigenvalue weighted by atomic mass is 9.90. The smallest absolute Gasteiger partial charge is 0.160 e. The zero-order valence-corrected chi connectivity index (χ0v) is 12.3. The fourth-order valence-corrected chi connectivity index (χ4v) is 2.96. The van der Waals surface area contributed by atoms with Crippen molar-refractivity contribution in [3.05, 3.63) is 29.8 Å². The summed E-state index contributed by atoms with van der Waals surface area (Å²) >= 11 is 0. The molecule has 112 valence electrons. The predicted molar refractivity (Wildman–Crippen MR) is 78.9 cm³/mol. The summed E-state index contributed by atoms with van der Waals surface area (Å²) in [5.41, 5.74) is 0.660. The number of hydrogen-bond acceptors (Lipinski definition) is 2. The highest BCUT2D eigenvalue weighted by atomic mass is 19.2. The minimum absolute atomic E-state index is 0.281. The largest absolute Gasteiger partial charge is 0.382 e. The molecule has 4 heteroatoms. The molecule has 1 N–H and O–H groups in total. The van der Waals surface area contributed by atoms with Crippen LogP contribution >= 0.6 is 0 Å². The summed E-state index contributed by atoms with van der Waals surface area (Å²) in [6, 6.07) is 4.29. The van der Waals surface area contributed by atoms with Gasteiger partial charge in [0.1, 0.15) is 0 Å². The van der Waals surface area contributed by atoms with Crippen LogP contribution in [0.4, 0.5) is 14.5 Å². The van der Waals surface area contributed by atoms with Crippen LogP contribution in [-0.2, 0) is 0 Å². The van der Waals surface area contributed by atoms with E-state index in [-0.39, 0.29) is 6.04 Å². The first-order chi connectivity index (χ1) is 9.60. The van der Waals surface area contributed by atoms with E-state index >= 15 is 0 Å². The van der Waals surface area contributed by atoms with Gasteiger partial charge in [0.05, 0.1) is 0 Å². The van der Waals surface area contributed by atoms with E-state index in [4.69, 9.17) is 0 Å². The molecular weight excluding hydrogens is 258 g/mol. The zero-order valence-electron chi connectivity index (χ0n) is 12.3. The summed E-state index contributed by atoms with van der Waals surface area (Å²) in [6.45, 7) is 7.79. The molecule has 20 heavy (non-hydrogen) atoms. The molecule has 1 aliphatic rings. The minimum atomic E-state index is -0.795. The van der Waals surface area contributed by atoms with Crippen LogP contribution in [0.2, 0.25) is 0 Å². The molecule has 0 bridgehead atoms. The van der Waals surface area contributed by atoms with Gasteiger partial charge in [-0.2, -0.15) is 0 Å². The highest BCUT2D eigenvalue weighted by Crippen LogP contribution is 2.24. The molecule has 1 aromatic rings. The molecule has 0 aliphatic carbocycles. The van der Waals surface area contributed by atoms with E-state index < -0.39 is 11.6 Å². The molecule has 1 unspecified atom stereocenters. The molecule has 0 amide bonds. The first kappa shape index (κ1) is 15.2. The Kier molecular flexibility index (Phi) is 5.35. The molecule has 2 nitrogen and oxygen atoms in total. The monoisotopic (exact) mass is 282 g/mol. The number of anilines is 1. The molecule has 0 saturated carbocycles. The number of nitrogens with one attached hydrogen (secondary N) is 1. The maximum absolute atomic E-state index is 13.2. The topological polar surface area (TPSA) is 15.3 Å². The fraction of sp³-hybridized carbons (Fsp3) is 0.625. The average Bonchev–Trinajstić information content (AvgIpc) is 2.44. The highest BCUT2D eigenvalue weighted by molar-refractivity contribution is 5.44. The van der Waals surface area contributed by atoms with E-state index in [1.165, 1.54) is 25.1 Å². The van der Waals surface area contributed by atoms with Gasteiger partial charge in [-0.3, -0.25) is 0 Å². The lowest BCUT2D eigenvalue weighted by Crippen LogP contribution is -2.39. The van der Waals surface area contributed by atoms with E-state index in [1.807, 2.05) is 0 Å². The van der Waals surface area contributed by atoms with E-state index in [1.54, 1.807) is 6.07 Å². The predicted octanol–water partition coefficient (Wildman–Crippen LogP) is 3.89. The Morgan fingerprint density at radius 2 is 1.95 bits per heavy atom. The van der Waals surface area contributed by atoms with Gasteiger partial charge in [0.2, 0.25) is 0 Å². The second kappa shape index (κ2) is 7.02. The molecule has 1 aromatic carbocycles. The quantitative estimate of drug-likeness (QED) is 0.881. The SMILES string of the molecule is CCCN1CCC(C(C)Nc2ccc(F)c(F)c2)CC1. The van der Waals surface area contributed by atoms with Crippen molar-refractivity contribution in [1.29, 1.82) is 0 Å². The third-order valence-corrected chi connectivity index (χ3v) is 4.19. The number of nitrogens with zero attached hydrogens (tertiary/aromatic N) is 1. The van der Waals surface area contributed by atoms with Gasteiger partial charge in [-0.15, -0.1) is 0 Å². The Morgan fingerprint density at radius 3 is 2.55 bits per heavy atom. The van der Waals surface area contributed by atoms with E-state index in [0.29, 0.717) is 11.6 Å². The number of piperidine rings is 1. The third-order valence-electron chi connectivity index (χ3n) is 4.19. The van der Waals surface area contributed by atoms with Crippen LogP contribution in [0.15, 0.2) is 18.2 Å². The number of likely N-dealkylation sites (tertiary alicyclic amines) is 1. The van der Waals surface area contributed by atoms with Gasteiger partial charge in [0.25, 0.3) is 0 Å². The van der Waals surface area contributed by atoms with Crippen LogP contribution < -0.4 is 5.32 Å². The first-order valence-electron chi connectivity index (χ1n) is 7.54. The lowest BCUT2D eigenvalue weighted by molar-refractivity contribution is 0.176. The van der Waals surface area contributed by atoms with Crippen molar-refractivity contribution in [3.8, 4) is 0 Å². The van der Waals surface area contributed by atoms with Gasteiger partial charge in [0, 0.05) is 17.8 Å². The Bertz CT molecular complexity index is 428. The second-order valence-electron chi connectivity index (χ2n) is 5.74. The molecule has 0 aromatic heterocycles. The molecule has 2 rings (SSSR count). The summed E-state index contributed by atoms with van der Waals surface area (Å²) in [7, 11) is 0. The van der Waals surface area contributed by atoms with Crippen molar-refractivity contribution >= 4 is 5.69 Å². The summed E-state index contributed by atoms with van der Waals surface area (Å²) in [6.07, 6.45) is 3.53. The molecule has 1 fully saturated rings. The number of benzene rings is 1. The summed E-state index contributed by atoms with van der Waals surface area (Å²) in [5, 5.41) is 3.30. The minimum Gasteiger partial charge on any atom is -0.382 e. The van der Waals surface area contributed by atoms with Crippen molar-refractivity contribution in [1.82, 2.24) is 4.90 Å². The van der Waals surface area contributed by atoms with Crippen LogP contribution in [0.1, 0.15) is 33.1 Å². The van der Waals surface area contributed by atoms with E-state index in [2.05, 4.69) is 24.1 Å². The van der Waals surface area contributed by atoms with Crippen LogP contribution in [0, 0.1) is 17.6 Å². The van der Waals surface area contributed by atoms with Gasteiger partial charge in [0.15, 0.2) is 11.6 Å². The van der Waals surface area contributed by atoms with Crippen LogP contribution in [-0.4, -0.2) is 30.6 Å². The maximum atomic E-state index is 13.2. The van der Waals surface area contributed by atoms with Gasteiger partial charge in [-0.05, 0) is 63.9 Å². The fourth-order valence-electron chi connectivity index (χ4n) is 2.96. The zero-order chi connectivity index (χ0) is 14.5. The van der Waals surface area contributed by atoms with Crippen LogP contribution in [0.3, 0.4) is 0 Å². The van der Waals surface area contributed by atoms with Crippen molar-refractivity contribution in [3.63, 3.8) is 0 Å². The summed E-state index contributed by atoms with van der Waals surface area (Å²) < 4.78 is 26.1. The maximum Gasteiger partial charge on any atom is 0.160 e. The molecule has 1 heterocycles. The normalized spacial score (nSPS) is 19.0. The van der Waals surface area contributed by atoms with E-state index in [9.17, 15) is 8.78 Å². The van der Waals surface area contributed by atoms with E-state index in [0.717, 1.165) is 25.9 Å². The van der Waals surface area contributed by atoms with Gasteiger partial charge >= 0.3 is 0 Å². The Balaban J connectivity index is 1.86. The molecule has 0 spiro atoms. The standard InChI is InChI=1S/C16H24F2N2/c1-3-8-20-9-6-13(7-10-20)12(2)19-14-4-5-15(17)16(18)11-14/h4-5,11-13,19H,3,6-10H2,1-2H3. The molecule has 1 saturated heterocycles. The van der Waals surface area contributed by atoms with Gasteiger partial charge in [-0.1, -0.05) is 6.92 Å². The Hall–Kier alpha value is -1.16. The summed E-state index contributed by atoms with van der Waals surface area (Å²) in [4.78, 5) is 2.50. The summed E-state index contributed by atoms with van der Waals surface area (Å²) in [5.74, 6) is -0.993. The number of halogens is 2. The second-order valence-corrected chi connectivity index (χ2v) is 5.74. The van der Waals surface area contributed by atoms with Gasteiger partial charge < -0.3 is 10.2 Å². The highest BCUT2D eigenvalue weighted by Gasteiger charge is 2.23. The van der Waals surface area contributed by atoms with Crippen molar-refractivity contribution in [2.75, 3.05) is 25.0 Å². The third kappa shape index (κ3) is 3.92. The number of rotatable bonds is 5. The van der Waals surface area contributed by atoms with Crippen molar-refractivity contribution < 1.29 is 8.78 Å². The van der Waals surface area contributed by atoms with Crippen LogP contribution in [0.5, 0.6) is 0 Å². The molecule has 1 aliphatic heterocycles. The number of hydrogen-bond donors (Lipinski definition) is 1. The molecule has 1 atom stereocenters. The Morgan fingerprint density at radius 1 is 1.25 bits per heavy atom. The van der Waals surface area contributed by atoms with Crippen molar-refractivity contribution in [2.45, 2.75) is 39.2 Å². The average molecular weight is 282 g/mol. The van der Waals surface area contributed by atoms with Crippen molar-refractivity contribution in [2.24, 2.45) is 5.92 Å². The molecular formula is C16H24F2N2.